The molecule has 0 radical (unpaired) electrons. The van der Waals surface area contributed by atoms with Gasteiger partial charge in [0.2, 0.25) is 0 Å². The Morgan fingerprint density at radius 2 is 1.90 bits per heavy atom. The molecule has 2 amide bonds. The van der Waals surface area contributed by atoms with Crippen molar-refractivity contribution in [1.82, 2.24) is 5.32 Å². The molecule has 0 spiro atoms. The minimum absolute atomic E-state index is 0.0297. The second-order valence-electron chi connectivity index (χ2n) is 4.81. The smallest absolute Gasteiger partial charge is 0.341 e. The zero-order chi connectivity index (χ0) is 15.1. The molecule has 0 bridgehead atoms. The summed E-state index contributed by atoms with van der Waals surface area (Å²) in [5.74, 6) is -0.431. The van der Waals surface area contributed by atoms with Crippen LogP contribution < -0.4 is 15.4 Å². The molecule has 0 saturated carbocycles. The van der Waals surface area contributed by atoms with Crippen molar-refractivity contribution in [2.45, 2.75) is 26.8 Å². The van der Waals surface area contributed by atoms with Crippen LogP contribution in [0.5, 0.6) is 5.75 Å². The molecule has 1 unspecified atom stereocenters. The molecule has 1 aromatic rings. The van der Waals surface area contributed by atoms with E-state index in [4.69, 9.17) is 9.84 Å². The lowest BCUT2D eigenvalue weighted by Gasteiger charge is -2.18. The second-order valence-corrected chi connectivity index (χ2v) is 4.81. The number of carboxylic acids is 1. The molecular weight excluding hydrogens is 260 g/mol. The van der Waals surface area contributed by atoms with Crippen molar-refractivity contribution in [2.24, 2.45) is 5.92 Å². The monoisotopic (exact) mass is 280 g/mol. The van der Waals surface area contributed by atoms with Gasteiger partial charge < -0.3 is 20.5 Å². The minimum atomic E-state index is -1.07. The van der Waals surface area contributed by atoms with Gasteiger partial charge in [-0.25, -0.2) is 9.59 Å². The number of rotatable bonds is 6. The molecule has 0 aliphatic rings. The van der Waals surface area contributed by atoms with Crippen LogP contribution in [-0.2, 0) is 4.79 Å². The molecule has 1 aromatic carbocycles. The molecule has 1 rings (SSSR count). The van der Waals surface area contributed by atoms with Gasteiger partial charge in [0.25, 0.3) is 0 Å². The molecule has 0 aliphatic carbocycles. The molecule has 0 aromatic heterocycles. The summed E-state index contributed by atoms with van der Waals surface area (Å²) < 4.78 is 5.11. The van der Waals surface area contributed by atoms with Crippen LogP contribution in [0.25, 0.3) is 0 Å². The molecule has 3 N–H and O–H groups in total. The van der Waals surface area contributed by atoms with Crippen molar-refractivity contribution in [1.29, 1.82) is 0 Å². The van der Waals surface area contributed by atoms with Crippen LogP contribution in [0.4, 0.5) is 10.5 Å². The van der Waals surface area contributed by atoms with Gasteiger partial charge >= 0.3 is 12.0 Å². The number of carbonyl (C=O) groups is 2. The van der Waals surface area contributed by atoms with Crippen LogP contribution in [0.15, 0.2) is 24.3 Å². The highest BCUT2D eigenvalue weighted by Crippen LogP contribution is 2.23. The van der Waals surface area contributed by atoms with Crippen LogP contribution in [0, 0.1) is 5.92 Å². The summed E-state index contributed by atoms with van der Waals surface area (Å²) >= 11 is 0. The standard InChI is InChI=1S/C14H20N2O4/c1-9(2)10(3)15-14(19)16-11-6-4-5-7-12(11)20-8-13(17)18/h4-7,9-10H,8H2,1-3H3,(H,17,18)(H2,15,16,19). The van der Waals surface area contributed by atoms with Gasteiger partial charge in [-0.05, 0) is 25.0 Å². The lowest BCUT2D eigenvalue weighted by Crippen LogP contribution is -2.39. The lowest BCUT2D eigenvalue weighted by molar-refractivity contribution is -0.139. The summed E-state index contributed by atoms with van der Waals surface area (Å²) in [5, 5.41) is 14.1. The van der Waals surface area contributed by atoms with Gasteiger partial charge in [0.15, 0.2) is 6.61 Å². The van der Waals surface area contributed by atoms with E-state index in [-0.39, 0.29) is 12.1 Å². The SMILES string of the molecule is CC(C)C(C)NC(=O)Nc1ccccc1OCC(=O)O. The number of carboxylic acid groups (broad SMARTS) is 1. The number of benzene rings is 1. The van der Waals surface area contributed by atoms with Gasteiger partial charge in [0.1, 0.15) is 5.75 Å². The number of amides is 2. The Morgan fingerprint density at radius 1 is 1.25 bits per heavy atom. The largest absolute Gasteiger partial charge is 0.480 e. The molecule has 20 heavy (non-hydrogen) atoms. The number of nitrogens with one attached hydrogen (secondary N) is 2. The van der Waals surface area contributed by atoms with Crippen LogP contribution in [-0.4, -0.2) is 29.8 Å². The van der Waals surface area contributed by atoms with Crippen molar-refractivity contribution in [3.8, 4) is 5.75 Å². The molecule has 0 fully saturated rings. The summed E-state index contributed by atoms with van der Waals surface area (Å²) in [6.45, 7) is 5.48. The van der Waals surface area contributed by atoms with E-state index in [0.29, 0.717) is 17.4 Å². The summed E-state index contributed by atoms with van der Waals surface area (Å²) in [4.78, 5) is 22.3. The first-order chi connectivity index (χ1) is 9.40. The Hall–Kier alpha value is -2.24. The van der Waals surface area contributed by atoms with Crippen molar-refractivity contribution in [2.75, 3.05) is 11.9 Å². The maximum Gasteiger partial charge on any atom is 0.341 e. The number of ether oxygens (including phenoxy) is 1. The van der Waals surface area contributed by atoms with E-state index < -0.39 is 12.6 Å². The highest BCUT2D eigenvalue weighted by molar-refractivity contribution is 5.91. The van der Waals surface area contributed by atoms with E-state index in [2.05, 4.69) is 10.6 Å². The molecule has 6 nitrogen and oxygen atoms in total. The first-order valence-corrected chi connectivity index (χ1v) is 6.41. The topological polar surface area (TPSA) is 87.7 Å². The third-order valence-electron chi connectivity index (χ3n) is 2.85. The number of carbonyl (C=O) groups excluding carboxylic acids is 1. The Balaban J connectivity index is 2.67. The summed E-state index contributed by atoms with van der Waals surface area (Å²) in [6, 6.07) is 6.37. The van der Waals surface area contributed by atoms with E-state index in [9.17, 15) is 9.59 Å². The van der Waals surface area contributed by atoms with Crippen LogP contribution >= 0.6 is 0 Å². The number of anilines is 1. The van der Waals surface area contributed by atoms with Gasteiger partial charge in [-0.1, -0.05) is 26.0 Å². The molecule has 110 valence electrons. The van der Waals surface area contributed by atoms with Gasteiger partial charge in [0, 0.05) is 6.04 Å². The minimum Gasteiger partial charge on any atom is -0.480 e. The second kappa shape index (κ2) is 7.37. The third kappa shape index (κ3) is 5.17. The van der Waals surface area contributed by atoms with Crippen molar-refractivity contribution < 1.29 is 19.4 Å². The fourth-order valence-electron chi connectivity index (χ4n) is 1.37. The Morgan fingerprint density at radius 3 is 2.50 bits per heavy atom. The van der Waals surface area contributed by atoms with Crippen LogP contribution in [0.2, 0.25) is 0 Å². The van der Waals surface area contributed by atoms with E-state index in [1.807, 2.05) is 20.8 Å². The first kappa shape index (κ1) is 15.8. The zero-order valence-electron chi connectivity index (χ0n) is 11.8. The normalized spacial score (nSPS) is 11.8. The van der Waals surface area contributed by atoms with E-state index >= 15 is 0 Å². The quantitative estimate of drug-likeness (QED) is 0.746. The third-order valence-corrected chi connectivity index (χ3v) is 2.85. The number of para-hydroxylation sites is 2. The molecule has 0 saturated heterocycles. The lowest BCUT2D eigenvalue weighted by atomic mass is 10.1. The van der Waals surface area contributed by atoms with Crippen LogP contribution in [0.3, 0.4) is 0 Å². The number of hydrogen-bond acceptors (Lipinski definition) is 3. The van der Waals surface area contributed by atoms with Crippen molar-refractivity contribution in [3.05, 3.63) is 24.3 Å². The number of urea groups is 1. The molecule has 0 aliphatic heterocycles. The van der Waals surface area contributed by atoms with Gasteiger partial charge in [-0.15, -0.1) is 0 Å². The van der Waals surface area contributed by atoms with Gasteiger partial charge in [0.05, 0.1) is 5.69 Å². The summed E-state index contributed by atoms with van der Waals surface area (Å²) in [6.07, 6.45) is 0. The number of hydrogen-bond donors (Lipinski definition) is 3. The van der Waals surface area contributed by atoms with Crippen LogP contribution in [0.1, 0.15) is 20.8 Å². The van der Waals surface area contributed by atoms with Crippen molar-refractivity contribution in [3.63, 3.8) is 0 Å². The average molecular weight is 280 g/mol. The number of aliphatic carboxylic acids is 1. The Bertz CT molecular complexity index is 474. The van der Waals surface area contributed by atoms with E-state index in [1.54, 1.807) is 24.3 Å². The maximum absolute atomic E-state index is 11.8. The maximum atomic E-state index is 11.8. The Labute approximate surface area is 118 Å². The fourth-order valence-corrected chi connectivity index (χ4v) is 1.37. The first-order valence-electron chi connectivity index (χ1n) is 6.41. The summed E-state index contributed by atoms with van der Waals surface area (Å²) in [5.41, 5.74) is 0.433. The highest BCUT2D eigenvalue weighted by atomic mass is 16.5. The predicted molar refractivity (Wildman–Crippen MR) is 76.0 cm³/mol. The average Bonchev–Trinajstić information content (AvgIpc) is 2.37. The fraction of sp³-hybridized carbons (Fsp3) is 0.429. The summed E-state index contributed by atoms with van der Waals surface area (Å²) in [7, 11) is 0. The van der Waals surface area contributed by atoms with E-state index in [0.717, 1.165) is 0 Å². The Kier molecular flexibility index (Phi) is 5.83. The van der Waals surface area contributed by atoms with Crippen molar-refractivity contribution >= 4 is 17.7 Å². The van der Waals surface area contributed by atoms with Gasteiger partial charge in [-0.2, -0.15) is 0 Å². The molecule has 6 heteroatoms. The highest BCUT2D eigenvalue weighted by Gasteiger charge is 2.12. The molecule has 1 atom stereocenters. The van der Waals surface area contributed by atoms with E-state index in [1.165, 1.54) is 0 Å². The molecular formula is C14H20N2O4. The predicted octanol–water partition coefficient (Wildman–Crippen LogP) is 2.32. The molecule has 0 heterocycles. The zero-order valence-corrected chi connectivity index (χ0v) is 11.8. The van der Waals surface area contributed by atoms with Gasteiger partial charge in [-0.3, -0.25) is 0 Å².